The molecule has 7 nitrogen and oxygen atoms in total. The molecular formula is C20H28N6O. The molecule has 0 N–H and O–H groups in total. The van der Waals surface area contributed by atoms with Gasteiger partial charge >= 0.3 is 0 Å². The van der Waals surface area contributed by atoms with Crippen LogP contribution in [0.2, 0.25) is 0 Å². The van der Waals surface area contributed by atoms with Crippen LogP contribution in [0.15, 0.2) is 12.4 Å². The van der Waals surface area contributed by atoms with E-state index in [9.17, 15) is 0 Å². The fourth-order valence-electron chi connectivity index (χ4n) is 4.88. The Balaban J connectivity index is 1.39. The van der Waals surface area contributed by atoms with Gasteiger partial charge < -0.3 is 9.64 Å². The van der Waals surface area contributed by atoms with E-state index in [4.69, 9.17) is 14.7 Å². The monoisotopic (exact) mass is 368 g/mol. The van der Waals surface area contributed by atoms with Crippen LogP contribution in [0.5, 0.6) is 0 Å². The van der Waals surface area contributed by atoms with Crippen molar-refractivity contribution in [2.45, 2.75) is 58.3 Å². The molecule has 7 heteroatoms. The van der Waals surface area contributed by atoms with Gasteiger partial charge in [-0.25, -0.2) is 9.97 Å². The fraction of sp³-hybridized carbons (Fsp3) is 0.650. The zero-order valence-corrected chi connectivity index (χ0v) is 16.3. The number of hydrogen-bond acceptors (Lipinski definition) is 6. The van der Waals surface area contributed by atoms with Crippen LogP contribution in [0.4, 0.5) is 5.95 Å². The van der Waals surface area contributed by atoms with Crippen LogP contribution < -0.4 is 4.90 Å². The number of ether oxygens (including phenoxy) is 1. The van der Waals surface area contributed by atoms with Gasteiger partial charge in [0, 0.05) is 67.7 Å². The van der Waals surface area contributed by atoms with Crippen molar-refractivity contribution in [3.63, 3.8) is 0 Å². The van der Waals surface area contributed by atoms with E-state index in [0.717, 1.165) is 51.8 Å². The molecule has 3 aliphatic rings. The minimum absolute atomic E-state index is 0.446. The summed E-state index contributed by atoms with van der Waals surface area (Å²) < 4.78 is 7.55. The summed E-state index contributed by atoms with van der Waals surface area (Å²) in [5.41, 5.74) is 5.24. The van der Waals surface area contributed by atoms with Gasteiger partial charge in [0.25, 0.3) is 0 Å². The second-order valence-corrected chi connectivity index (χ2v) is 7.87. The highest BCUT2D eigenvalue weighted by Crippen LogP contribution is 2.44. The van der Waals surface area contributed by atoms with Crippen molar-refractivity contribution in [3.05, 3.63) is 34.9 Å². The molecule has 0 amide bonds. The Kier molecular flexibility index (Phi) is 4.36. The van der Waals surface area contributed by atoms with Crippen molar-refractivity contribution >= 4 is 5.95 Å². The maximum absolute atomic E-state index is 5.46. The molecule has 2 aromatic rings. The van der Waals surface area contributed by atoms with Crippen LogP contribution in [0.25, 0.3) is 0 Å². The first kappa shape index (κ1) is 17.1. The normalized spacial score (nSPS) is 25.0. The minimum Gasteiger partial charge on any atom is -0.378 e. The summed E-state index contributed by atoms with van der Waals surface area (Å²) in [5.74, 6) is 0.880. The predicted molar refractivity (Wildman–Crippen MR) is 103 cm³/mol. The van der Waals surface area contributed by atoms with E-state index >= 15 is 0 Å². The number of aryl methyl sites for hydroxylation is 1. The molecule has 2 fully saturated rings. The van der Waals surface area contributed by atoms with Crippen molar-refractivity contribution in [1.29, 1.82) is 0 Å². The highest BCUT2D eigenvalue weighted by atomic mass is 16.5. The number of rotatable bonds is 4. The Bertz CT molecular complexity index is 828. The van der Waals surface area contributed by atoms with Crippen LogP contribution in [-0.4, -0.2) is 57.0 Å². The third kappa shape index (κ3) is 2.93. The number of aromatic nitrogens is 4. The number of fused-ring (bicyclic) bond motifs is 4. The molecule has 0 aliphatic carbocycles. The van der Waals surface area contributed by atoms with Crippen LogP contribution in [0.1, 0.15) is 48.3 Å². The van der Waals surface area contributed by atoms with Crippen LogP contribution in [0, 0.1) is 6.92 Å². The van der Waals surface area contributed by atoms with Crippen molar-refractivity contribution < 1.29 is 4.74 Å². The summed E-state index contributed by atoms with van der Waals surface area (Å²) in [5, 5.41) is 4.53. The van der Waals surface area contributed by atoms with E-state index in [2.05, 4.69) is 39.6 Å². The summed E-state index contributed by atoms with van der Waals surface area (Å²) in [6.45, 7) is 9.55. The minimum atomic E-state index is 0.446. The Morgan fingerprint density at radius 2 is 2.04 bits per heavy atom. The number of morpholine rings is 1. The number of anilines is 1. The quantitative estimate of drug-likeness (QED) is 0.824. The molecule has 0 aromatic carbocycles. The van der Waals surface area contributed by atoms with E-state index in [1.54, 1.807) is 0 Å². The average Bonchev–Trinajstić information content (AvgIpc) is 3.20. The Morgan fingerprint density at radius 3 is 2.81 bits per heavy atom. The van der Waals surface area contributed by atoms with Gasteiger partial charge in [-0.15, -0.1) is 0 Å². The van der Waals surface area contributed by atoms with Crippen LogP contribution in [0.3, 0.4) is 0 Å². The molecule has 27 heavy (non-hydrogen) atoms. The van der Waals surface area contributed by atoms with E-state index in [1.807, 2.05) is 6.20 Å². The average molecular weight is 368 g/mol. The molecule has 0 spiro atoms. The van der Waals surface area contributed by atoms with E-state index < -0.39 is 0 Å². The molecule has 5 rings (SSSR count). The van der Waals surface area contributed by atoms with Gasteiger partial charge in [-0.2, -0.15) is 5.10 Å². The molecule has 2 bridgehead atoms. The summed E-state index contributed by atoms with van der Waals surface area (Å²) in [4.78, 5) is 14.6. The molecule has 2 atom stereocenters. The fourth-order valence-corrected chi connectivity index (χ4v) is 4.88. The zero-order valence-electron chi connectivity index (χ0n) is 16.3. The zero-order chi connectivity index (χ0) is 18.4. The van der Waals surface area contributed by atoms with Crippen LogP contribution >= 0.6 is 0 Å². The van der Waals surface area contributed by atoms with Crippen molar-refractivity contribution in [2.24, 2.45) is 0 Å². The second kappa shape index (κ2) is 6.87. The number of hydrogen-bond donors (Lipinski definition) is 0. The van der Waals surface area contributed by atoms with Gasteiger partial charge in [0.15, 0.2) is 0 Å². The maximum atomic E-state index is 5.46. The SMILES string of the molecule is CCn1ncc(CN2[C@@H]3CC[C@@H]2c2cnc(N4CCOCC4)nc2C3)c1C. The summed E-state index contributed by atoms with van der Waals surface area (Å²) in [6, 6.07) is 1.03. The van der Waals surface area contributed by atoms with Gasteiger partial charge in [0.1, 0.15) is 0 Å². The van der Waals surface area contributed by atoms with Gasteiger partial charge in [-0.05, 0) is 26.7 Å². The van der Waals surface area contributed by atoms with Crippen molar-refractivity contribution in [3.8, 4) is 0 Å². The topological polar surface area (TPSA) is 59.3 Å². The smallest absolute Gasteiger partial charge is 0.225 e. The third-order valence-electron chi connectivity index (χ3n) is 6.47. The first-order valence-electron chi connectivity index (χ1n) is 10.2. The standard InChI is InChI=1S/C20H28N6O/c1-3-26-14(2)15(11-22-26)13-25-16-4-5-19(25)17-12-21-20(23-18(17)10-16)24-6-8-27-9-7-24/h11-12,16,19H,3-10,13H2,1-2H3/t16-,19-/m1/s1. The number of nitrogens with zero attached hydrogens (tertiary/aromatic N) is 6. The lowest BCUT2D eigenvalue weighted by atomic mass is 9.98. The molecule has 0 radical (unpaired) electrons. The molecule has 3 aliphatic heterocycles. The van der Waals surface area contributed by atoms with Crippen molar-refractivity contribution in [2.75, 3.05) is 31.2 Å². The molecule has 0 saturated carbocycles. The maximum Gasteiger partial charge on any atom is 0.225 e. The lowest BCUT2D eigenvalue weighted by molar-refractivity contribution is 0.122. The third-order valence-corrected chi connectivity index (χ3v) is 6.47. The molecule has 2 aromatic heterocycles. The first-order valence-corrected chi connectivity index (χ1v) is 10.2. The molecule has 0 unspecified atom stereocenters. The van der Waals surface area contributed by atoms with Crippen LogP contribution in [-0.2, 0) is 24.2 Å². The highest BCUT2D eigenvalue weighted by molar-refractivity contribution is 5.37. The Labute approximate surface area is 160 Å². The lowest BCUT2D eigenvalue weighted by Crippen LogP contribution is -2.40. The second-order valence-electron chi connectivity index (χ2n) is 7.87. The van der Waals surface area contributed by atoms with Gasteiger partial charge in [0.05, 0.1) is 25.1 Å². The Morgan fingerprint density at radius 1 is 1.19 bits per heavy atom. The van der Waals surface area contributed by atoms with Gasteiger partial charge in [-0.1, -0.05) is 0 Å². The largest absolute Gasteiger partial charge is 0.378 e. The Hall–Kier alpha value is -1.99. The highest BCUT2D eigenvalue weighted by Gasteiger charge is 2.41. The summed E-state index contributed by atoms with van der Waals surface area (Å²) in [6.07, 6.45) is 7.63. The summed E-state index contributed by atoms with van der Waals surface area (Å²) in [7, 11) is 0. The predicted octanol–water partition coefficient (Wildman–Crippen LogP) is 2.10. The lowest BCUT2D eigenvalue weighted by Gasteiger charge is -2.36. The first-order chi connectivity index (χ1) is 13.2. The van der Waals surface area contributed by atoms with E-state index in [0.29, 0.717) is 12.1 Å². The summed E-state index contributed by atoms with van der Waals surface area (Å²) >= 11 is 0. The van der Waals surface area contributed by atoms with E-state index in [-0.39, 0.29) is 0 Å². The van der Waals surface area contributed by atoms with Crippen molar-refractivity contribution in [1.82, 2.24) is 24.6 Å². The van der Waals surface area contributed by atoms with Gasteiger partial charge in [0.2, 0.25) is 5.95 Å². The molecule has 5 heterocycles. The molecule has 2 saturated heterocycles. The van der Waals surface area contributed by atoms with Gasteiger partial charge in [-0.3, -0.25) is 9.58 Å². The molecular weight excluding hydrogens is 340 g/mol. The van der Waals surface area contributed by atoms with E-state index in [1.165, 1.54) is 35.4 Å². The molecule has 144 valence electrons.